The molecule has 0 unspecified atom stereocenters. The second-order valence-electron chi connectivity index (χ2n) is 6.16. The number of carbonyl (C=O) groups excluding carboxylic acids is 2. The number of halogens is 3. The van der Waals surface area contributed by atoms with Gasteiger partial charge in [-0.2, -0.15) is 13.2 Å². The molecule has 31 heavy (non-hydrogen) atoms. The monoisotopic (exact) mass is 443 g/mol. The van der Waals surface area contributed by atoms with E-state index in [0.717, 1.165) is 12.1 Å². The van der Waals surface area contributed by atoms with Gasteiger partial charge in [0.15, 0.2) is 5.56 Å². The van der Waals surface area contributed by atoms with E-state index in [4.69, 9.17) is 18.7 Å². The molecule has 1 aromatic heterocycles. The van der Waals surface area contributed by atoms with Gasteiger partial charge >= 0.3 is 18.1 Å². The number of rotatable bonds is 9. The molecule has 0 bridgehead atoms. The minimum absolute atomic E-state index is 0.0922. The van der Waals surface area contributed by atoms with E-state index in [-0.39, 0.29) is 42.7 Å². The first-order valence-corrected chi connectivity index (χ1v) is 8.98. The highest BCUT2D eigenvalue weighted by Crippen LogP contribution is 2.30. The van der Waals surface area contributed by atoms with E-state index < -0.39 is 23.7 Å². The van der Waals surface area contributed by atoms with E-state index in [1.165, 1.54) is 12.4 Å². The summed E-state index contributed by atoms with van der Waals surface area (Å²) in [4.78, 5) is 29.7. The number of carbonyl (C=O) groups is 2. The van der Waals surface area contributed by atoms with Gasteiger partial charge < -0.3 is 23.6 Å². The second kappa shape index (κ2) is 10.5. The lowest BCUT2D eigenvalue weighted by molar-refractivity contribution is -0.137. The predicted octanol–water partition coefficient (Wildman–Crippen LogP) is 3.33. The molecule has 2 rings (SSSR count). The number of nitrogens with zero attached hydrogens (tertiary/aromatic N) is 3. The van der Waals surface area contributed by atoms with Crippen LogP contribution in [0.4, 0.5) is 19.1 Å². The number of aromatic nitrogens is 1. The lowest BCUT2D eigenvalue weighted by Gasteiger charge is -2.09. The Morgan fingerprint density at radius 3 is 2.58 bits per heavy atom. The van der Waals surface area contributed by atoms with Crippen molar-refractivity contribution in [3.05, 3.63) is 41.0 Å². The van der Waals surface area contributed by atoms with Crippen LogP contribution in [0.3, 0.4) is 0 Å². The van der Waals surface area contributed by atoms with Gasteiger partial charge in [-0.25, -0.2) is 14.6 Å². The zero-order valence-corrected chi connectivity index (χ0v) is 16.9. The molecule has 1 heterocycles. The van der Waals surface area contributed by atoms with Gasteiger partial charge in [-0.1, -0.05) is 6.07 Å². The molecule has 9 nitrogen and oxygen atoms in total. The van der Waals surface area contributed by atoms with Crippen molar-refractivity contribution in [2.75, 3.05) is 33.9 Å². The topological polar surface area (TPSA) is 103 Å². The third-order valence-corrected chi connectivity index (χ3v) is 3.51. The number of esters is 2. The first kappa shape index (κ1) is 23.7. The molecule has 0 radical (unpaired) electrons. The molecular formula is C19H20F3N3O6. The molecule has 0 fully saturated rings. The third-order valence-electron chi connectivity index (χ3n) is 3.51. The quantitative estimate of drug-likeness (QED) is 0.252. The Kier molecular flexibility index (Phi) is 8.00. The van der Waals surface area contributed by atoms with Gasteiger partial charge in [-0.3, -0.25) is 0 Å². The van der Waals surface area contributed by atoms with Gasteiger partial charge in [-0.15, -0.1) is 0 Å². The van der Waals surface area contributed by atoms with Gasteiger partial charge in [0.2, 0.25) is 0 Å². The van der Waals surface area contributed by atoms with Gasteiger partial charge in [0.1, 0.15) is 13.2 Å². The van der Waals surface area contributed by atoms with Crippen LogP contribution < -0.4 is 4.74 Å². The van der Waals surface area contributed by atoms with Crippen molar-refractivity contribution in [2.45, 2.75) is 13.1 Å². The van der Waals surface area contributed by atoms with Crippen molar-refractivity contribution >= 4 is 24.2 Å². The van der Waals surface area contributed by atoms with Crippen molar-refractivity contribution in [3.63, 3.8) is 0 Å². The Morgan fingerprint density at radius 1 is 1.19 bits per heavy atom. The van der Waals surface area contributed by atoms with Crippen LogP contribution in [-0.2, 0) is 15.7 Å². The van der Waals surface area contributed by atoms with Gasteiger partial charge in [0.25, 0.3) is 11.8 Å². The normalized spacial score (nSPS) is 11.4. The average Bonchev–Trinajstić information content (AvgIpc) is 3.12. The standard InChI is InChI=1S/C19H20F3N3O6/c1-4-28-18(27)14-15(23-11-25(2)3)31-24-16(14)29-8-9-30-17(26)12-6-5-7-13(10-12)19(20,21)22/h5-7,10-11H,4,8-9H2,1-3H3/b23-11+. The Morgan fingerprint density at radius 2 is 1.94 bits per heavy atom. The summed E-state index contributed by atoms with van der Waals surface area (Å²) in [5, 5.41) is 3.62. The summed E-state index contributed by atoms with van der Waals surface area (Å²) in [7, 11) is 3.42. The number of ether oxygens (including phenoxy) is 3. The van der Waals surface area contributed by atoms with Crippen LogP contribution in [0.1, 0.15) is 33.2 Å². The SMILES string of the molecule is CCOC(=O)c1c(OCCOC(=O)c2cccc(C(F)(F)F)c2)noc1/N=C/N(C)C. The van der Waals surface area contributed by atoms with E-state index in [2.05, 4.69) is 10.1 Å². The van der Waals surface area contributed by atoms with Crippen molar-refractivity contribution in [1.29, 1.82) is 0 Å². The molecule has 0 N–H and O–H groups in total. The fourth-order valence-corrected chi connectivity index (χ4v) is 2.18. The van der Waals surface area contributed by atoms with Crippen LogP contribution in [0.25, 0.3) is 0 Å². The van der Waals surface area contributed by atoms with Crippen LogP contribution in [0.2, 0.25) is 0 Å². The van der Waals surface area contributed by atoms with Crippen LogP contribution in [0.15, 0.2) is 33.8 Å². The average molecular weight is 443 g/mol. The van der Waals surface area contributed by atoms with Crippen LogP contribution >= 0.6 is 0 Å². The number of benzene rings is 1. The fraction of sp³-hybridized carbons (Fsp3) is 0.368. The largest absolute Gasteiger partial charge is 0.471 e. The third kappa shape index (κ3) is 6.73. The summed E-state index contributed by atoms with van der Waals surface area (Å²) >= 11 is 0. The van der Waals surface area contributed by atoms with Gasteiger partial charge in [-0.05, 0) is 30.3 Å². The fourth-order valence-electron chi connectivity index (χ4n) is 2.18. The van der Waals surface area contributed by atoms with Crippen molar-refractivity contribution in [1.82, 2.24) is 10.1 Å². The zero-order chi connectivity index (χ0) is 23.0. The maximum absolute atomic E-state index is 12.7. The molecule has 0 saturated heterocycles. The molecule has 1 aromatic carbocycles. The summed E-state index contributed by atoms with van der Waals surface area (Å²) in [5.74, 6) is -2.09. The molecule has 12 heteroatoms. The number of hydrogen-bond acceptors (Lipinski definition) is 8. The highest BCUT2D eigenvalue weighted by atomic mass is 19.4. The summed E-state index contributed by atoms with van der Waals surface area (Å²) in [6.45, 7) is 1.14. The van der Waals surface area contributed by atoms with Crippen molar-refractivity contribution in [2.24, 2.45) is 4.99 Å². The lowest BCUT2D eigenvalue weighted by atomic mass is 10.1. The predicted molar refractivity (Wildman–Crippen MR) is 102 cm³/mol. The molecule has 0 amide bonds. The Balaban J connectivity index is 2.00. The van der Waals surface area contributed by atoms with E-state index in [1.807, 2.05) is 0 Å². The Hall–Kier alpha value is -3.57. The first-order valence-electron chi connectivity index (χ1n) is 8.98. The summed E-state index contributed by atoms with van der Waals surface area (Å²) in [5.41, 5.74) is -1.38. The van der Waals surface area contributed by atoms with Gasteiger partial charge in [0.05, 0.1) is 24.1 Å². The first-order chi connectivity index (χ1) is 14.6. The number of hydrogen-bond donors (Lipinski definition) is 0. The summed E-state index contributed by atoms with van der Waals surface area (Å²) < 4.78 is 58.4. The Labute approximate surface area is 175 Å². The summed E-state index contributed by atoms with van der Waals surface area (Å²) in [6, 6.07) is 3.84. The molecule has 168 valence electrons. The highest BCUT2D eigenvalue weighted by molar-refractivity contribution is 5.96. The summed E-state index contributed by atoms with van der Waals surface area (Å²) in [6.07, 6.45) is -3.20. The molecule has 0 aliphatic heterocycles. The minimum atomic E-state index is -4.58. The molecular weight excluding hydrogens is 423 g/mol. The molecule has 2 aromatic rings. The van der Waals surface area contributed by atoms with Gasteiger partial charge in [0, 0.05) is 14.1 Å². The van der Waals surface area contributed by atoms with E-state index in [9.17, 15) is 22.8 Å². The van der Waals surface area contributed by atoms with E-state index >= 15 is 0 Å². The number of alkyl halides is 3. The molecule has 0 saturated carbocycles. The molecule has 0 spiro atoms. The van der Waals surface area contributed by atoms with E-state index in [0.29, 0.717) is 6.07 Å². The van der Waals surface area contributed by atoms with Crippen molar-refractivity contribution in [3.8, 4) is 5.88 Å². The Bertz CT molecular complexity index is 940. The second-order valence-corrected chi connectivity index (χ2v) is 6.16. The maximum Gasteiger partial charge on any atom is 0.416 e. The van der Waals surface area contributed by atoms with E-state index in [1.54, 1.807) is 25.9 Å². The van der Waals surface area contributed by atoms with Crippen LogP contribution in [0, 0.1) is 0 Å². The van der Waals surface area contributed by atoms with Crippen LogP contribution in [0.5, 0.6) is 5.88 Å². The highest BCUT2D eigenvalue weighted by Gasteiger charge is 2.31. The zero-order valence-electron chi connectivity index (χ0n) is 16.9. The molecule has 0 aliphatic rings. The van der Waals surface area contributed by atoms with Crippen LogP contribution in [-0.4, -0.2) is 62.2 Å². The number of aliphatic imine (C=N–C) groups is 1. The van der Waals surface area contributed by atoms with Crippen molar-refractivity contribution < 1.29 is 41.5 Å². The molecule has 0 atom stereocenters. The minimum Gasteiger partial charge on any atom is -0.471 e. The maximum atomic E-state index is 12.7. The smallest absolute Gasteiger partial charge is 0.416 e. The molecule has 0 aliphatic carbocycles. The lowest BCUT2D eigenvalue weighted by Crippen LogP contribution is -2.15.